The van der Waals surface area contributed by atoms with Gasteiger partial charge in [0.15, 0.2) is 6.29 Å². The summed E-state index contributed by atoms with van der Waals surface area (Å²) in [7, 11) is 1.63. The molecule has 1 aliphatic rings. The van der Waals surface area contributed by atoms with Gasteiger partial charge in [0.25, 0.3) is 0 Å². The number of aliphatic hydroxyl groups excluding tert-OH is 1. The van der Waals surface area contributed by atoms with E-state index in [2.05, 4.69) is 0 Å². The molecule has 1 unspecified atom stereocenters. The van der Waals surface area contributed by atoms with Crippen LogP contribution in [0.3, 0.4) is 0 Å². The van der Waals surface area contributed by atoms with E-state index in [0.29, 0.717) is 26.1 Å². The molecule has 1 saturated heterocycles. The molecule has 4 heteroatoms. The minimum absolute atomic E-state index is 0.264. The van der Waals surface area contributed by atoms with E-state index in [4.69, 9.17) is 14.2 Å². The molecule has 0 bridgehead atoms. The van der Waals surface area contributed by atoms with Crippen LogP contribution in [0.1, 0.15) is 12.0 Å². The van der Waals surface area contributed by atoms with Gasteiger partial charge >= 0.3 is 0 Å². The SMILES string of the molecule is COc1ccccc1CC(O)CC1OCCO1. The van der Waals surface area contributed by atoms with Crippen LogP contribution in [-0.4, -0.2) is 37.8 Å². The molecule has 17 heavy (non-hydrogen) atoms. The van der Waals surface area contributed by atoms with E-state index in [1.54, 1.807) is 7.11 Å². The Kier molecular flexibility index (Phi) is 4.36. The van der Waals surface area contributed by atoms with Crippen molar-refractivity contribution in [1.29, 1.82) is 0 Å². The number of para-hydroxylation sites is 1. The van der Waals surface area contributed by atoms with Crippen LogP contribution in [0.2, 0.25) is 0 Å². The van der Waals surface area contributed by atoms with E-state index in [1.165, 1.54) is 0 Å². The molecule has 94 valence electrons. The maximum atomic E-state index is 9.97. The third-order valence-electron chi connectivity index (χ3n) is 2.80. The van der Waals surface area contributed by atoms with E-state index >= 15 is 0 Å². The summed E-state index contributed by atoms with van der Waals surface area (Å²) in [6.07, 6.45) is 0.305. The minimum atomic E-state index is -0.477. The van der Waals surface area contributed by atoms with Crippen LogP contribution in [0.15, 0.2) is 24.3 Å². The highest BCUT2D eigenvalue weighted by Gasteiger charge is 2.20. The quantitative estimate of drug-likeness (QED) is 0.841. The Morgan fingerprint density at radius 2 is 2.06 bits per heavy atom. The molecule has 0 aliphatic carbocycles. The van der Waals surface area contributed by atoms with Crippen molar-refractivity contribution in [2.24, 2.45) is 0 Å². The largest absolute Gasteiger partial charge is 0.496 e. The van der Waals surface area contributed by atoms with E-state index in [-0.39, 0.29) is 6.29 Å². The first-order valence-corrected chi connectivity index (χ1v) is 5.82. The van der Waals surface area contributed by atoms with Gasteiger partial charge in [0.1, 0.15) is 5.75 Å². The lowest BCUT2D eigenvalue weighted by Crippen LogP contribution is -2.20. The van der Waals surface area contributed by atoms with Crippen LogP contribution in [0.25, 0.3) is 0 Å². The van der Waals surface area contributed by atoms with Gasteiger partial charge < -0.3 is 19.3 Å². The molecule has 0 spiro atoms. The molecule has 1 atom stereocenters. The van der Waals surface area contributed by atoms with Crippen LogP contribution in [0.5, 0.6) is 5.75 Å². The summed E-state index contributed by atoms with van der Waals surface area (Å²) in [5, 5.41) is 9.97. The molecule has 0 aromatic heterocycles. The number of rotatable bonds is 5. The second kappa shape index (κ2) is 6.00. The van der Waals surface area contributed by atoms with Crippen LogP contribution < -0.4 is 4.74 Å². The highest BCUT2D eigenvalue weighted by atomic mass is 16.7. The maximum Gasteiger partial charge on any atom is 0.160 e. The van der Waals surface area contributed by atoms with Gasteiger partial charge in [-0.2, -0.15) is 0 Å². The lowest BCUT2D eigenvalue weighted by atomic mass is 10.0. The van der Waals surface area contributed by atoms with Gasteiger partial charge in [-0.05, 0) is 11.6 Å². The fraction of sp³-hybridized carbons (Fsp3) is 0.538. The maximum absolute atomic E-state index is 9.97. The number of aliphatic hydroxyl groups is 1. The molecule has 1 fully saturated rings. The highest BCUT2D eigenvalue weighted by Crippen LogP contribution is 2.21. The molecular formula is C13H18O4. The van der Waals surface area contributed by atoms with Crippen molar-refractivity contribution in [3.05, 3.63) is 29.8 Å². The molecule has 0 amide bonds. The predicted molar refractivity (Wildman–Crippen MR) is 63.0 cm³/mol. The van der Waals surface area contributed by atoms with Crippen molar-refractivity contribution in [2.45, 2.75) is 25.2 Å². The van der Waals surface area contributed by atoms with Crippen molar-refractivity contribution < 1.29 is 19.3 Å². The van der Waals surface area contributed by atoms with Crippen molar-refractivity contribution in [2.75, 3.05) is 20.3 Å². The number of ether oxygens (including phenoxy) is 3. The van der Waals surface area contributed by atoms with Gasteiger partial charge in [0.2, 0.25) is 0 Å². The van der Waals surface area contributed by atoms with Gasteiger partial charge in [-0.1, -0.05) is 18.2 Å². The number of hydrogen-bond donors (Lipinski definition) is 1. The second-order valence-corrected chi connectivity index (χ2v) is 4.08. The lowest BCUT2D eigenvalue weighted by molar-refractivity contribution is -0.0698. The van der Waals surface area contributed by atoms with Crippen LogP contribution in [0.4, 0.5) is 0 Å². The lowest BCUT2D eigenvalue weighted by Gasteiger charge is -2.16. The first-order chi connectivity index (χ1) is 8.29. The van der Waals surface area contributed by atoms with Crippen molar-refractivity contribution in [3.8, 4) is 5.75 Å². The summed E-state index contributed by atoms with van der Waals surface area (Å²) in [5.41, 5.74) is 1.00. The molecule has 4 nitrogen and oxygen atoms in total. The average Bonchev–Trinajstić information content (AvgIpc) is 2.82. The third kappa shape index (κ3) is 3.43. The molecule has 0 saturated carbocycles. The van der Waals surface area contributed by atoms with Gasteiger partial charge in [0, 0.05) is 12.8 Å². The van der Waals surface area contributed by atoms with Crippen LogP contribution >= 0.6 is 0 Å². The molecule has 2 rings (SSSR count). The Labute approximate surface area is 101 Å². The first kappa shape index (κ1) is 12.4. The van der Waals surface area contributed by atoms with Gasteiger partial charge in [-0.3, -0.25) is 0 Å². The van der Waals surface area contributed by atoms with Gasteiger partial charge in [0.05, 0.1) is 26.4 Å². The number of benzene rings is 1. The Balaban J connectivity index is 1.90. The Morgan fingerprint density at radius 1 is 1.35 bits per heavy atom. The Bertz CT molecular complexity index is 347. The van der Waals surface area contributed by atoms with Gasteiger partial charge in [-0.25, -0.2) is 0 Å². The second-order valence-electron chi connectivity index (χ2n) is 4.08. The molecular weight excluding hydrogens is 220 g/mol. The van der Waals surface area contributed by atoms with E-state index in [0.717, 1.165) is 11.3 Å². The topological polar surface area (TPSA) is 47.9 Å². The number of methoxy groups -OCH3 is 1. The summed E-state index contributed by atoms with van der Waals surface area (Å²) in [4.78, 5) is 0. The Hall–Kier alpha value is -1.10. The summed E-state index contributed by atoms with van der Waals surface area (Å²) in [6.45, 7) is 1.23. The molecule has 1 aliphatic heterocycles. The fourth-order valence-electron chi connectivity index (χ4n) is 1.97. The fourth-order valence-corrected chi connectivity index (χ4v) is 1.97. The van der Waals surface area contributed by atoms with Crippen LogP contribution in [0, 0.1) is 0 Å². The molecule has 0 radical (unpaired) electrons. The highest BCUT2D eigenvalue weighted by molar-refractivity contribution is 5.33. The number of hydrogen-bond acceptors (Lipinski definition) is 4. The minimum Gasteiger partial charge on any atom is -0.496 e. The monoisotopic (exact) mass is 238 g/mol. The summed E-state index contributed by atoms with van der Waals surface area (Å²) >= 11 is 0. The molecule has 1 heterocycles. The van der Waals surface area contributed by atoms with E-state index in [9.17, 15) is 5.11 Å². The molecule has 1 aromatic carbocycles. The van der Waals surface area contributed by atoms with Crippen LogP contribution in [-0.2, 0) is 15.9 Å². The van der Waals surface area contributed by atoms with Crippen molar-refractivity contribution in [3.63, 3.8) is 0 Å². The van der Waals surface area contributed by atoms with Gasteiger partial charge in [-0.15, -0.1) is 0 Å². The van der Waals surface area contributed by atoms with Crippen molar-refractivity contribution in [1.82, 2.24) is 0 Å². The standard InChI is InChI=1S/C13H18O4/c1-15-12-5-3-2-4-10(12)8-11(14)9-13-16-6-7-17-13/h2-5,11,13-14H,6-9H2,1H3. The zero-order chi connectivity index (χ0) is 12.1. The molecule has 1 aromatic rings. The predicted octanol–water partition coefficient (Wildman–Crippen LogP) is 1.36. The van der Waals surface area contributed by atoms with E-state index < -0.39 is 6.10 Å². The first-order valence-electron chi connectivity index (χ1n) is 5.82. The zero-order valence-corrected chi connectivity index (χ0v) is 9.96. The summed E-state index contributed by atoms with van der Waals surface area (Å²) in [6, 6.07) is 7.70. The zero-order valence-electron chi connectivity index (χ0n) is 9.96. The van der Waals surface area contributed by atoms with E-state index in [1.807, 2.05) is 24.3 Å². The van der Waals surface area contributed by atoms with Crippen molar-refractivity contribution >= 4 is 0 Å². The normalized spacial score (nSPS) is 18.2. The summed E-state index contributed by atoms with van der Waals surface area (Å²) in [5.74, 6) is 0.805. The Morgan fingerprint density at radius 3 is 2.76 bits per heavy atom. The molecule has 1 N–H and O–H groups in total. The third-order valence-corrected chi connectivity index (χ3v) is 2.80. The average molecular weight is 238 g/mol. The smallest absolute Gasteiger partial charge is 0.160 e. The summed E-state index contributed by atoms with van der Waals surface area (Å²) < 4.78 is 15.9.